The Morgan fingerprint density at radius 1 is 1.09 bits per heavy atom. The maximum atomic E-state index is 12.5. The van der Waals surface area contributed by atoms with Crippen LogP contribution in [0.4, 0.5) is 5.69 Å². The molecule has 0 aromatic heterocycles. The van der Waals surface area contributed by atoms with Crippen LogP contribution in [0.1, 0.15) is 25.8 Å². The lowest BCUT2D eigenvalue weighted by atomic mass is 9.99. The third kappa shape index (κ3) is 6.21. The molecular formula is C26H34N2O6. The van der Waals surface area contributed by atoms with Gasteiger partial charge in [-0.15, -0.1) is 5.06 Å². The van der Waals surface area contributed by atoms with Gasteiger partial charge in [-0.1, -0.05) is 12.7 Å². The Hall–Kier alpha value is -3.23. The maximum absolute atomic E-state index is 12.5. The molecule has 8 nitrogen and oxygen atoms in total. The molecule has 0 aliphatic carbocycles. The summed E-state index contributed by atoms with van der Waals surface area (Å²) in [6.45, 7) is 9.40. The van der Waals surface area contributed by atoms with Crippen LogP contribution in [0.2, 0.25) is 0 Å². The molecule has 1 N–H and O–H groups in total. The van der Waals surface area contributed by atoms with Crippen LogP contribution in [0, 0.1) is 0 Å². The van der Waals surface area contributed by atoms with Crippen molar-refractivity contribution in [2.75, 3.05) is 44.9 Å². The number of carbonyl (C=O) groups is 1. The van der Waals surface area contributed by atoms with Gasteiger partial charge in [0.05, 0.1) is 19.3 Å². The molecule has 8 heteroatoms. The average molecular weight is 471 g/mol. The number of hydroxylamine groups is 2. The second-order valence-electron chi connectivity index (χ2n) is 7.84. The number of anilines is 1. The van der Waals surface area contributed by atoms with E-state index in [4.69, 9.17) is 19.0 Å². The van der Waals surface area contributed by atoms with Crippen molar-refractivity contribution < 1.29 is 28.9 Å². The van der Waals surface area contributed by atoms with E-state index in [-0.39, 0.29) is 19.1 Å². The summed E-state index contributed by atoms with van der Waals surface area (Å²) in [5, 5.41) is 12.3. The number of aliphatic hydroxyl groups excluding tert-OH is 1. The molecule has 1 heterocycles. The van der Waals surface area contributed by atoms with Crippen molar-refractivity contribution in [2.24, 2.45) is 0 Å². The van der Waals surface area contributed by atoms with Crippen LogP contribution in [0.3, 0.4) is 0 Å². The number of rotatable bonds is 13. The van der Waals surface area contributed by atoms with E-state index in [1.54, 1.807) is 29.2 Å². The summed E-state index contributed by atoms with van der Waals surface area (Å²) in [4.78, 5) is 20.1. The van der Waals surface area contributed by atoms with E-state index in [0.29, 0.717) is 49.8 Å². The first-order valence-electron chi connectivity index (χ1n) is 11.6. The molecule has 2 aromatic carbocycles. The molecule has 0 saturated heterocycles. The predicted molar refractivity (Wildman–Crippen MR) is 131 cm³/mol. The Morgan fingerprint density at radius 2 is 1.79 bits per heavy atom. The van der Waals surface area contributed by atoms with E-state index < -0.39 is 6.10 Å². The fraction of sp³-hybridized carbons (Fsp3) is 0.423. The van der Waals surface area contributed by atoms with Crippen LogP contribution < -0.4 is 23.9 Å². The SMILES string of the molecule is C=CCOc1ccc(OCC(O)CN(CC)Oc2ccc(OC)cc2)c2c1N(CC)C(=O)CC2. The highest BCUT2D eigenvalue weighted by Crippen LogP contribution is 2.42. The lowest BCUT2D eigenvalue weighted by molar-refractivity contribution is -0.118. The topological polar surface area (TPSA) is 80.7 Å². The molecule has 1 aliphatic rings. The van der Waals surface area contributed by atoms with Gasteiger partial charge in [0.15, 0.2) is 0 Å². The van der Waals surface area contributed by atoms with Crippen molar-refractivity contribution in [1.82, 2.24) is 5.06 Å². The van der Waals surface area contributed by atoms with Crippen molar-refractivity contribution in [3.05, 3.63) is 54.6 Å². The van der Waals surface area contributed by atoms with Gasteiger partial charge in [-0.2, -0.15) is 0 Å². The molecular weight excluding hydrogens is 436 g/mol. The second-order valence-corrected chi connectivity index (χ2v) is 7.84. The predicted octanol–water partition coefficient (Wildman–Crippen LogP) is 3.61. The van der Waals surface area contributed by atoms with Crippen LogP contribution >= 0.6 is 0 Å². The lowest BCUT2D eigenvalue weighted by Crippen LogP contribution is -2.38. The monoisotopic (exact) mass is 470 g/mol. The Labute approximate surface area is 201 Å². The molecule has 0 radical (unpaired) electrons. The molecule has 1 atom stereocenters. The van der Waals surface area contributed by atoms with E-state index in [0.717, 1.165) is 17.0 Å². The Morgan fingerprint density at radius 3 is 2.44 bits per heavy atom. The third-order valence-electron chi connectivity index (χ3n) is 5.53. The van der Waals surface area contributed by atoms with Gasteiger partial charge in [-0.3, -0.25) is 4.79 Å². The van der Waals surface area contributed by atoms with Gasteiger partial charge < -0.3 is 29.1 Å². The minimum Gasteiger partial charge on any atom is -0.497 e. The number of hydrogen-bond acceptors (Lipinski definition) is 7. The first-order valence-corrected chi connectivity index (χ1v) is 11.6. The number of benzene rings is 2. The Kier molecular flexibility index (Phi) is 9.18. The van der Waals surface area contributed by atoms with Crippen LogP contribution in [0.15, 0.2) is 49.1 Å². The lowest BCUT2D eigenvalue weighted by Gasteiger charge is -2.31. The quantitative estimate of drug-likeness (QED) is 0.354. The molecule has 1 unspecified atom stereocenters. The Balaban J connectivity index is 1.67. The van der Waals surface area contributed by atoms with E-state index in [2.05, 4.69) is 6.58 Å². The van der Waals surface area contributed by atoms with Crippen LogP contribution in [-0.2, 0) is 11.2 Å². The van der Waals surface area contributed by atoms with Crippen molar-refractivity contribution in [2.45, 2.75) is 32.8 Å². The van der Waals surface area contributed by atoms with Gasteiger partial charge in [-0.05, 0) is 56.7 Å². The van der Waals surface area contributed by atoms with E-state index in [9.17, 15) is 9.90 Å². The van der Waals surface area contributed by atoms with Crippen molar-refractivity contribution in [3.63, 3.8) is 0 Å². The minimum atomic E-state index is -0.780. The summed E-state index contributed by atoms with van der Waals surface area (Å²) in [5.74, 6) is 2.73. The van der Waals surface area contributed by atoms with Gasteiger partial charge >= 0.3 is 0 Å². The summed E-state index contributed by atoms with van der Waals surface area (Å²) >= 11 is 0. The van der Waals surface area contributed by atoms with Crippen LogP contribution in [0.25, 0.3) is 0 Å². The molecule has 1 amide bonds. The summed E-state index contributed by atoms with van der Waals surface area (Å²) in [5.41, 5.74) is 1.66. The van der Waals surface area contributed by atoms with Crippen LogP contribution in [-0.4, -0.2) is 62.1 Å². The minimum absolute atomic E-state index is 0.0601. The number of amides is 1. The van der Waals surface area contributed by atoms with Gasteiger partial charge in [0, 0.05) is 25.1 Å². The average Bonchev–Trinajstić information content (AvgIpc) is 2.86. The number of fused-ring (bicyclic) bond motifs is 1. The molecule has 184 valence electrons. The first kappa shape index (κ1) is 25.4. The third-order valence-corrected chi connectivity index (χ3v) is 5.53. The summed E-state index contributed by atoms with van der Waals surface area (Å²) in [6, 6.07) is 10.9. The largest absolute Gasteiger partial charge is 0.497 e. The smallest absolute Gasteiger partial charge is 0.227 e. The van der Waals surface area contributed by atoms with E-state index in [1.807, 2.05) is 44.2 Å². The molecule has 1 aliphatic heterocycles. The number of aliphatic hydroxyl groups is 1. The standard InChI is InChI=1S/C26H34N2O6/c1-5-16-32-24-14-13-23(22-12-15-25(30)28(7-3)26(22)24)33-18-19(29)17-27(6-2)34-21-10-8-20(31-4)9-11-21/h5,8-11,13-14,19,29H,1,6-7,12,15-18H2,2-4H3. The zero-order chi connectivity index (χ0) is 24.5. The first-order chi connectivity index (χ1) is 16.5. The van der Waals surface area contributed by atoms with Crippen molar-refractivity contribution >= 4 is 11.6 Å². The number of carbonyl (C=O) groups excluding carboxylic acids is 1. The van der Waals surface area contributed by atoms with Gasteiger partial charge in [-0.25, -0.2) is 0 Å². The number of hydrogen-bond donors (Lipinski definition) is 1. The zero-order valence-electron chi connectivity index (χ0n) is 20.2. The highest BCUT2D eigenvalue weighted by Gasteiger charge is 2.29. The molecule has 3 rings (SSSR count). The van der Waals surface area contributed by atoms with E-state index >= 15 is 0 Å². The van der Waals surface area contributed by atoms with Gasteiger partial charge in [0.1, 0.15) is 42.3 Å². The molecule has 0 fully saturated rings. The Bertz CT molecular complexity index is 963. The van der Waals surface area contributed by atoms with Crippen LogP contribution in [0.5, 0.6) is 23.0 Å². The second kappa shape index (κ2) is 12.3. The maximum Gasteiger partial charge on any atom is 0.227 e. The normalized spacial score (nSPS) is 13.9. The van der Waals surface area contributed by atoms with Gasteiger partial charge in [0.2, 0.25) is 5.91 Å². The summed E-state index contributed by atoms with van der Waals surface area (Å²) in [6.07, 6.45) is 1.85. The molecule has 34 heavy (non-hydrogen) atoms. The number of ether oxygens (including phenoxy) is 3. The fourth-order valence-electron chi connectivity index (χ4n) is 3.85. The summed E-state index contributed by atoms with van der Waals surface area (Å²) in [7, 11) is 1.61. The number of nitrogens with zero attached hydrogens (tertiary/aromatic N) is 2. The molecule has 0 saturated carbocycles. The van der Waals surface area contributed by atoms with Crippen molar-refractivity contribution in [1.29, 1.82) is 0 Å². The summed E-state index contributed by atoms with van der Waals surface area (Å²) < 4.78 is 17.0. The highest BCUT2D eigenvalue weighted by molar-refractivity contribution is 5.98. The molecule has 0 spiro atoms. The molecule has 0 bridgehead atoms. The van der Waals surface area contributed by atoms with Crippen molar-refractivity contribution in [3.8, 4) is 23.0 Å². The molecule has 2 aromatic rings. The van der Waals surface area contributed by atoms with Gasteiger partial charge in [0.25, 0.3) is 0 Å². The number of likely N-dealkylation sites (N-methyl/N-ethyl adjacent to an activating group) is 1. The zero-order valence-corrected chi connectivity index (χ0v) is 20.2. The number of methoxy groups -OCH3 is 1. The highest BCUT2D eigenvalue weighted by atomic mass is 16.7. The van der Waals surface area contributed by atoms with E-state index in [1.165, 1.54) is 0 Å². The fourth-order valence-corrected chi connectivity index (χ4v) is 3.85.